The molecule has 0 atom stereocenters. The van der Waals surface area contributed by atoms with Crippen molar-refractivity contribution in [3.8, 4) is 0 Å². The molecule has 1 heterocycles. The molecule has 1 N–H and O–H groups in total. The number of aromatic nitrogens is 1. The van der Waals surface area contributed by atoms with E-state index < -0.39 is 5.82 Å². The fourth-order valence-corrected chi connectivity index (χ4v) is 2.52. The lowest BCUT2D eigenvalue weighted by Crippen LogP contribution is -2.27. The smallest absolute Gasteiger partial charge is 0.276 e. The summed E-state index contributed by atoms with van der Waals surface area (Å²) in [6, 6.07) is 18.4. The highest BCUT2D eigenvalue weighted by Gasteiger charge is 2.16. The van der Waals surface area contributed by atoms with Gasteiger partial charge in [0, 0.05) is 17.8 Å². The summed E-state index contributed by atoms with van der Waals surface area (Å²) in [5.41, 5.74) is 1.16. The molecule has 0 saturated carbocycles. The zero-order valence-electron chi connectivity index (χ0n) is 13.4. The summed E-state index contributed by atoms with van der Waals surface area (Å²) >= 11 is 6.11. The highest BCUT2D eigenvalue weighted by Crippen LogP contribution is 2.23. The van der Waals surface area contributed by atoms with E-state index in [2.05, 4.69) is 10.3 Å². The van der Waals surface area contributed by atoms with Gasteiger partial charge in [-0.1, -0.05) is 41.9 Å². The Kier molecular flexibility index (Phi) is 4.95. The molecule has 1 aromatic heterocycles. The van der Waals surface area contributed by atoms with E-state index >= 15 is 0 Å². The normalized spacial score (nSPS) is 10.4. The van der Waals surface area contributed by atoms with Crippen LogP contribution in [-0.2, 0) is 0 Å². The summed E-state index contributed by atoms with van der Waals surface area (Å²) in [6.07, 6.45) is 0. The van der Waals surface area contributed by atoms with Gasteiger partial charge in [0.25, 0.3) is 5.91 Å². The average Bonchev–Trinajstić information content (AvgIpc) is 2.62. The van der Waals surface area contributed by atoms with Crippen LogP contribution in [0, 0.1) is 5.82 Å². The number of hydrogen-bond acceptors (Lipinski definition) is 3. The predicted molar refractivity (Wildman–Crippen MR) is 98.1 cm³/mol. The van der Waals surface area contributed by atoms with Gasteiger partial charge in [-0.25, -0.2) is 9.37 Å². The Morgan fingerprint density at radius 3 is 2.48 bits per heavy atom. The van der Waals surface area contributed by atoms with Crippen LogP contribution in [-0.4, -0.2) is 17.9 Å². The van der Waals surface area contributed by atoms with Crippen molar-refractivity contribution in [1.82, 2.24) is 4.98 Å². The first-order chi connectivity index (χ1) is 12.0. The van der Waals surface area contributed by atoms with Gasteiger partial charge in [0.1, 0.15) is 17.3 Å². The molecule has 0 radical (unpaired) electrons. The summed E-state index contributed by atoms with van der Waals surface area (Å²) in [6.45, 7) is 0. The van der Waals surface area contributed by atoms with Crippen molar-refractivity contribution >= 4 is 34.7 Å². The van der Waals surface area contributed by atoms with E-state index in [0.29, 0.717) is 10.8 Å². The van der Waals surface area contributed by atoms with Gasteiger partial charge >= 0.3 is 0 Å². The maximum absolute atomic E-state index is 13.8. The molecule has 4 nitrogen and oxygen atoms in total. The maximum atomic E-state index is 13.8. The van der Waals surface area contributed by atoms with Crippen LogP contribution in [0.5, 0.6) is 0 Å². The SMILES string of the molecule is CN(C(=O)c1cc(Cl)cc(Nc2ccccc2F)n1)c1ccccc1. The zero-order chi connectivity index (χ0) is 17.8. The molecule has 0 aliphatic heterocycles. The molecule has 0 saturated heterocycles. The molecule has 6 heteroatoms. The highest BCUT2D eigenvalue weighted by molar-refractivity contribution is 6.31. The molecule has 25 heavy (non-hydrogen) atoms. The van der Waals surface area contributed by atoms with Gasteiger partial charge in [0.2, 0.25) is 0 Å². The summed E-state index contributed by atoms with van der Waals surface area (Å²) in [5.74, 6) is -0.439. The Balaban J connectivity index is 1.89. The molecule has 1 amide bonds. The Bertz CT molecular complexity index is 902. The van der Waals surface area contributed by atoms with E-state index in [-0.39, 0.29) is 17.3 Å². The number of halogens is 2. The van der Waals surface area contributed by atoms with Gasteiger partial charge < -0.3 is 10.2 Å². The third-order valence-corrected chi connectivity index (χ3v) is 3.81. The first-order valence-electron chi connectivity index (χ1n) is 7.57. The molecule has 3 rings (SSSR count). The molecule has 3 aromatic rings. The van der Waals surface area contributed by atoms with Crippen LogP contribution in [0.15, 0.2) is 66.7 Å². The fourth-order valence-electron chi connectivity index (χ4n) is 2.31. The van der Waals surface area contributed by atoms with Crippen molar-refractivity contribution in [3.05, 3.63) is 83.3 Å². The molecule has 0 aliphatic carbocycles. The van der Waals surface area contributed by atoms with E-state index in [1.54, 1.807) is 25.2 Å². The van der Waals surface area contributed by atoms with Crippen LogP contribution in [0.4, 0.5) is 21.6 Å². The van der Waals surface area contributed by atoms with Crippen LogP contribution in [0.2, 0.25) is 5.02 Å². The monoisotopic (exact) mass is 355 g/mol. The van der Waals surface area contributed by atoms with Crippen molar-refractivity contribution in [2.45, 2.75) is 0 Å². The van der Waals surface area contributed by atoms with Gasteiger partial charge in [-0.3, -0.25) is 4.79 Å². The second-order valence-corrected chi connectivity index (χ2v) is 5.80. The van der Waals surface area contributed by atoms with Crippen LogP contribution < -0.4 is 10.2 Å². The van der Waals surface area contributed by atoms with Gasteiger partial charge in [-0.2, -0.15) is 0 Å². The number of carbonyl (C=O) groups is 1. The molecular formula is C19H15ClFN3O. The molecule has 0 bridgehead atoms. The molecule has 0 unspecified atom stereocenters. The van der Waals surface area contributed by atoms with Crippen molar-refractivity contribution in [3.63, 3.8) is 0 Å². The number of nitrogens with one attached hydrogen (secondary N) is 1. The second kappa shape index (κ2) is 7.32. The fraction of sp³-hybridized carbons (Fsp3) is 0.0526. The topological polar surface area (TPSA) is 45.2 Å². The van der Waals surface area contributed by atoms with Gasteiger partial charge in [-0.05, 0) is 36.4 Å². The Labute approximate surface area is 149 Å². The third-order valence-electron chi connectivity index (χ3n) is 3.59. The van der Waals surface area contributed by atoms with E-state index in [9.17, 15) is 9.18 Å². The quantitative estimate of drug-likeness (QED) is 0.724. The minimum atomic E-state index is -0.418. The van der Waals surface area contributed by atoms with Gasteiger partial charge in [0.15, 0.2) is 0 Å². The van der Waals surface area contributed by atoms with Crippen LogP contribution in [0.1, 0.15) is 10.5 Å². The number of rotatable bonds is 4. The number of hydrogen-bond donors (Lipinski definition) is 1. The minimum absolute atomic E-state index is 0.165. The first kappa shape index (κ1) is 16.9. The number of anilines is 3. The van der Waals surface area contributed by atoms with E-state index in [0.717, 1.165) is 5.69 Å². The maximum Gasteiger partial charge on any atom is 0.276 e. The molecular weight excluding hydrogens is 341 g/mol. The number of nitrogens with zero attached hydrogens (tertiary/aromatic N) is 2. The van der Waals surface area contributed by atoms with Crippen LogP contribution >= 0.6 is 11.6 Å². The number of para-hydroxylation sites is 2. The van der Waals surface area contributed by atoms with Crippen molar-refractivity contribution in [2.75, 3.05) is 17.3 Å². The highest BCUT2D eigenvalue weighted by atomic mass is 35.5. The lowest BCUT2D eigenvalue weighted by molar-refractivity contribution is 0.0988. The number of benzene rings is 2. The molecule has 0 spiro atoms. The lowest BCUT2D eigenvalue weighted by Gasteiger charge is -2.17. The Hall–Kier alpha value is -2.92. The van der Waals surface area contributed by atoms with Gasteiger partial charge in [-0.15, -0.1) is 0 Å². The Morgan fingerprint density at radius 2 is 1.76 bits per heavy atom. The van der Waals surface area contributed by atoms with E-state index in [1.807, 2.05) is 30.3 Å². The van der Waals surface area contributed by atoms with Crippen LogP contribution in [0.3, 0.4) is 0 Å². The Morgan fingerprint density at radius 1 is 1.08 bits per heavy atom. The summed E-state index contributed by atoms with van der Waals surface area (Å²) in [4.78, 5) is 18.4. The van der Waals surface area contributed by atoms with Crippen LogP contribution in [0.25, 0.3) is 0 Å². The largest absolute Gasteiger partial charge is 0.338 e. The van der Waals surface area contributed by atoms with E-state index in [1.165, 1.54) is 23.1 Å². The minimum Gasteiger partial charge on any atom is -0.338 e. The number of carbonyl (C=O) groups excluding carboxylic acids is 1. The van der Waals surface area contributed by atoms with Gasteiger partial charge in [0.05, 0.1) is 5.69 Å². The summed E-state index contributed by atoms with van der Waals surface area (Å²) in [5, 5.41) is 3.18. The summed E-state index contributed by atoms with van der Waals surface area (Å²) in [7, 11) is 1.66. The lowest BCUT2D eigenvalue weighted by atomic mass is 10.2. The second-order valence-electron chi connectivity index (χ2n) is 5.36. The number of pyridine rings is 1. The average molecular weight is 356 g/mol. The first-order valence-corrected chi connectivity index (χ1v) is 7.94. The zero-order valence-corrected chi connectivity index (χ0v) is 14.2. The molecule has 0 aliphatic rings. The van der Waals surface area contributed by atoms with Crippen molar-refractivity contribution < 1.29 is 9.18 Å². The third kappa shape index (κ3) is 3.95. The molecule has 0 fully saturated rings. The standard InChI is InChI=1S/C19H15ClFN3O/c1-24(14-7-3-2-4-8-14)19(25)17-11-13(20)12-18(23-17)22-16-10-6-5-9-15(16)21/h2-12H,1H3,(H,22,23). The molecule has 2 aromatic carbocycles. The summed E-state index contributed by atoms with van der Waals surface area (Å²) < 4.78 is 13.8. The van der Waals surface area contributed by atoms with Crippen molar-refractivity contribution in [2.24, 2.45) is 0 Å². The van der Waals surface area contributed by atoms with Crippen molar-refractivity contribution in [1.29, 1.82) is 0 Å². The van der Waals surface area contributed by atoms with E-state index in [4.69, 9.17) is 11.6 Å². The predicted octanol–water partition coefficient (Wildman–Crippen LogP) is 4.89. The molecule has 126 valence electrons. The number of amides is 1.